The lowest BCUT2D eigenvalue weighted by Crippen LogP contribution is -2.30. The molecule has 58 valence electrons. The van der Waals surface area contributed by atoms with Gasteiger partial charge in [-0.1, -0.05) is 0 Å². The van der Waals surface area contributed by atoms with Crippen LogP contribution in [-0.2, 0) is 4.74 Å². The summed E-state index contributed by atoms with van der Waals surface area (Å²) in [5, 5.41) is 3.39. The van der Waals surface area contributed by atoms with Crippen molar-refractivity contribution in [2.45, 2.75) is 37.9 Å². The molecule has 2 saturated heterocycles. The van der Waals surface area contributed by atoms with E-state index in [1.165, 1.54) is 32.2 Å². The monoisotopic (exact) mass is 141 g/mol. The molecule has 0 saturated carbocycles. The molecule has 2 nitrogen and oxygen atoms in total. The van der Waals surface area contributed by atoms with Crippen LogP contribution in [0.4, 0.5) is 0 Å². The van der Waals surface area contributed by atoms with Gasteiger partial charge in [-0.2, -0.15) is 0 Å². The van der Waals surface area contributed by atoms with Gasteiger partial charge in [0.1, 0.15) is 0 Å². The molecule has 2 aliphatic heterocycles. The second-order valence-electron chi connectivity index (χ2n) is 3.30. The SMILES string of the molecule is C1CNC[C@H]2CC[C@H](C1)O2. The fourth-order valence-electron chi connectivity index (χ4n) is 1.86. The summed E-state index contributed by atoms with van der Waals surface area (Å²) in [7, 11) is 0. The predicted molar refractivity (Wildman–Crippen MR) is 40.0 cm³/mol. The Hall–Kier alpha value is -0.0800. The minimum Gasteiger partial charge on any atom is -0.374 e. The Kier molecular flexibility index (Phi) is 1.91. The minimum atomic E-state index is 0.533. The minimum absolute atomic E-state index is 0.533. The molecule has 2 atom stereocenters. The van der Waals surface area contributed by atoms with Gasteiger partial charge in [0.25, 0.3) is 0 Å². The van der Waals surface area contributed by atoms with E-state index in [-0.39, 0.29) is 0 Å². The Morgan fingerprint density at radius 1 is 1.10 bits per heavy atom. The maximum atomic E-state index is 5.74. The van der Waals surface area contributed by atoms with E-state index in [1.807, 2.05) is 0 Å². The lowest BCUT2D eigenvalue weighted by atomic mass is 10.1. The number of rotatable bonds is 0. The molecule has 0 aromatic carbocycles. The number of fused-ring (bicyclic) bond motifs is 2. The highest BCUT2D eigenvalue weighted by atomic mass is 16.5. The summed E-state index contributed by atoms with van der Waals surface area (Å²) in [5.74, 6) is 0. The maximum absolute atomic E-state index is 5.74. The van der Waals surface area contributed by atoms with Crippen molar-refractivity contribution in [3.8, 4) is 0 Å². The fourth-order valence-corrected chi connectivity index (χ4v) is 1.86. The van der Waals surface area contributed by atoms with Crippen LogP contribution in [0.25, 0.3) is 0 Å². The third kappa shape index (κ3) is 1.32. The lowest BCUT2D eigenvalue weighted by Gasteiger charge is -2.17. The first-order valence-electron chi connectivity index (χ1n) is 4.31. The molecule has 0 aliphatic carbocycles. The van der Waals surface area contributed by atoms with Crippen molar-refractivity contribution in [2.24, 2.45) is 0 Å². The van der Waals surface area contributed by atoms with E-state index >= 15 is 0 Å². The summed E-state index contributed by atoms with van der Waals surface area (Å²) in [6, 6.07) is 0. The summed E-state index contributed by atoms with van der Waals surface area (Å²) in [6.07, 6.45) is 6.27. The number of ether oxygens (including phenoxy) is 1. The predicted octanol–water partition coefficient (Wildman–Crippen LogP) is 0.917. The molecule has 2 rings (SSSR count). The van der Waals surface area contributed by atoms with Crippen LogP contribution in [0, 0.1) is 0 Å². The van der Waals surface area contributed by atoms with Crippen LogP contribution in [-0.4, -0.2) is 25.3 Å². The van der Waals surface area contributed by atoms with Gasteiger partial charge in [-0.25, -0.2) is 0 Å². The van der Waals surface area contributed by atoms with E-state index in [1.54, 1.807) is 0 Å². The first-order chi connectivity index (χ1) is 4.95. The normalized spacial score (nSPS) is 40.8. The van der Waals surface area contributed by atoms with Gasteiger partial charge >= 0.3 is 0 Å². The van der Waals surface area contributed by atoms with Gasteiger partial charge in [-0.3, -0.25) is 0 Å². The van der Waals surface area contributed by atoms with Gasteiger partial charge in [0.2, 0.25) is 0 Å². The van der Waals surface area contributed by atoms with Crippen molar-refractivity contribution in [3.05, 3.63) is 0 Å². The average Bonchev–Trinajstić information content (AvgIpc) is 2.30. The molecule has 1 N–H and O–H groups in total. The molecule has 0 radical (unpaired) electrons. The third-order valence-electron chi connectivity index (χ3n) is 2.45. The molecule has 2 bridgehead atoms. The lowest BCUT2D eigenvalue weighted by molar-refractivity contribution is 0.0326. The number of hydrogen-bond donors (Lipinski definition) is 1. The summed E-state index contributed by atoms with van der Waals surface area (Å²) < 4.78 is 5.74. The van der Waals surface area contributed by atoms with Crippen molar-refractivity contribution in [2.75, 3.05) is 13.1 Å². The molecule has 0 spiro atoms. The number of hydrogen-bond acceptors (Lipinski definition) is 2. The second-order valence-corrected chi connectivity index (χ2v) is 3.30. The highest BCUT2D eigenvalue weighted by Crippen LogP contribution is 2.23. The van der Waals surface area contributed by atoms with Crippen molar-refractivity contribution in [1.29, 1.82) is 0 Å². The molecule has 0 aromatic rings. The van der Waals surface area contributed by atoms with E-state index in [0.717, 1.165) is 6.54 Å². The molecule has 0 aromatic heterocycles. The molecular formula is C8H15NO. The van der Waals surface area contributed by atoms with Gasteiger partial charge in [-0.05, 0) is 32.2 Å². The Morgan fingerprint density at radius 2 is 2.00 bits per heavy atom. The van der Waals surface area contributed by atoms with E-state index in [9.17, 15) is 0 Å². The zero-order valence-corrected chi connectivity index (χ0v) is 6.31. The van der Waals surface area contributed by atoms with Gasteiger partial charge in [0, 0.05) is 6.54 Å². The average molecular weight is 141 g/mol. The molecule has 0 amide bonds. The highest BCUT2D eigenvalue weighted by molar-refractivity contribution is 4.77. The van der Waals surface area contributed by atoms with Crippen molar-refractivity contribution < 1.29 is 4.74 Å². The molecule has 2 fully saturated rings. The first kappa shape index (κ1) is 6.62. The van der Waals surface area contributed by atoms with E-state index in [2.05, 4.69) is 5.32 Å². The summed E-state index contributed by atoms with van der Waals surface area (Å²) in [6.45, 7) is 2.27. The Labute approximate surface area is 61.9 Å². The largest absolute Gasteiger partial charge is 0.374 e. The zero-order chi connectivity index (χ0) is 6.81. The van der Waals surface area contributed by atoms with Crippen LogP contribution in [0.5, 0.6) is 0 Å². The first-order valence-corrected chi connectivity index (χ1v) is 4.31. The van der Waals surface area contributed by atoms with Crippen LogP contribution in [0.2, 0.25) is 0 Å². The van der Waals surface area contributed by atoms with Crippen LogP contribution in [0.3, 0.4) is 0 Å². The zero-order valence-electron chi connectivity index (χ0n) is 6.31. The van der Waals surface area contributed by atoms with Crippen molar-refractivity contribution in [1.82, 2.24) is 5.32 Å². The summed E-state index contributed by atoms with van der Waals surface area (Å²) in [4.78, 5) is 0. The summed E-state index contributed by atoms with van der Waals surface area (Å²) >= 11 is 0. The molecular weight excluding hydrogens is 126 g/mol. The van der Waals surface area contributed by atoms with Crippen LogP contribution < -0.4 is 5.32 Å². The second kappa shape index (κ2) is 2.89. The molecule has 2 heteroatoms. The Balaban J connectivity index is 1.91. The van der Waals surface area contributed by atoms with E-state index in [0.29, 0.717) is 12.2 Å². The van der Waals surface area contributed by atoms with Gasteiger partial charge in [0.05, 0.1) is 12.2 Å². The van der Waals surface area contributed by atoms with Gasteiger partial charge in [-0.15, -0.1) is 0 Å². The fraction of sp³-hybridized carbons (Fsp3) is 1.00. The molecule has 10 heavy (non-hydrogen) atoms. The molecule has 2 heterocycles. The van der Waals surface area contributed by atoms with Gasteiger partial charge in [0.15, 0.2) is 0 Å². The third-order valence-corrected chi connectivity index (χ3v) is 2.45. The topological polar surface area (TPSA) is 21.3 Å². The van der Waals surface area contributed by atoms with Crippen molar-refractivity contribution in [3.63, 3.8) is 0 Å². The molecule has 2 aliphatic rings. The Morgan fingerprint density at radius 3 is 3.00 bits per heavy atom. The van der Waals surface area contributed by atoms with Crippen LogP contribution >= 0.6 is 0 Å². The molecule has 0 unspecified atom stereocenters. The van der Waals surface area contributed by atoms with Crippen LogP contribution in [0.15, 0.2) is 0 Å². The quantitative estimate of drug-likeness (QED) is 0.541. The Bertz CT molecular complexity index is 104. The van der Waals surface area contributed by atoms with E-state index < -0.39 is 0 Å². The number of nitrogens with one attached hydrogen (secondary N) is 1. The highest BCUT2D eigenvalue weighted by Gasteiger charge is 2.25. The standard InChI is InChI=1S/C8H15NO/c1-2-7-3-4-8(10-7)6-9-5-1/h7-9H,1-6H2/t7-,8+/m0/s1. The van der Waals surface area contributed by atoms with Crippen LogP contribution in [0.1, 0.15) is 25.7 Å². The van der Waals surface area contributed by atoms with Crippen molar-refractivity contribution >= 4 is 0 Å². The maximum Gasteiger partial charge on any atom is 0.0704 e. The van der Waals surface area contributed by atoms with Gasteiger partial charge < -0.3 is 10.1 Å². The van der Waals surface area contributed by atoms with E-state index in [4.69, 9.17) is 4.74 Å². The smallest absolute Gasteiger partial charge is 0.0704 e. The summed E-state index contributed by atoms with van der Waals surface area (Å²) in [5.41, 5.74) is 0.